The van der Waals surface area contributed by atoms with E-state index in [0.29, 0.717) is 21.3 Å². The fourth-order valence-corrected chi connectivity index (χ4v) is 2.76. The Morgan fingerprint density at radius 2 is 1.83 bits per heavy atom. The molecule has 2 rings (SSSR count). The van der Waals surface area contributed by atoms with Crippen molar-refractivity contribution in [3.05, 3.63) is 70.0 Å². The lowest BCUT2D eigenvalue weighted by Crippen LogP contribution is -2.09. The number of sulfonamides is 1. The van der Waals surface area contributed by atoms with Crippen molar-refractivity contribution in [3.8, 4) is 0 Å². The van der Waals surface area contributed by atoms with E-state index in [-0.39, 0.29) is 11.6 Å². The van der Waals surface area contributed by atoms with Crippen molar-refractivity contribution in [1.29, 1.82) is 0 Å². The molecule has 0 aliphatic carbocycles. The zero-order chi connectivity index (χ0) is 17.0. The van der Waals surface area contributed by atoms with Gasteiger partial charge in [-0.3, -0.25) is 9.52 Å². The van der Waals surface area contributed by atoms with Crippen molar-refractivity contribution in [2.24, 2.45) is 0 Å². The highest BCUT2D eigenvalue weighted by atomic mass is 79.9. The van der Waals surface area contributed by atoms with E-state index in [1.165, 1.54) is 36.4 Å². The van der Waals surface area contributed by atoms with Crippen molar-refractivity contribution in [2.45, 2.75) is 0 Å². The summed E-state index contributed by atoms with van der Waals surface area (Å²) >= 11 is 3.08. The highest BCUT2D eigenvalue weighted by Gasteiger charge is 2.05. The highest BCUT2D eigenvalue weighted by molar-refractivity contribution is 9.10. The average Bonchev–Trinajstić information content (AvgIpc) is 2.47. The summed E-state index contributed by atoms with van der Waals surface area (Å²) < 4.78 is 38.0. The van der Waals surface area contributed by atoms with Gasteiger partial charge in [-0.25, -0.2) is 12.8 Å². The SMILES string of the molecule is CS(=O)(=O)Nc1ccc(C(=O)/C=C/c2ccc(F)c(Br)c2)cc1. The van der Waals surface area contributed by atoms with Gasteiger partial charge >= 0.3 is 0 Å². The normalized spacial score (nSPS) is 11.6. The van der Waals surface area contributed by atoms with Gasteiger partial charge in [-0.1, -0.05) is 12.1 Å². The van der Waals surface area contributed by atoms with Gasteiger partial charge in [-0.15, -0.1) is 0 Å². The van der Waals surface area contributed by atoms with Gasteiger partial charge in [0.05, 0.1) is 10.7 Å². The number of carbonyl (C=O) groups is 1. The molecule has 2 aromatic carbocycles. The molecule has 0 saturated heterocycles. The molecule has 0 aliphatic rings. The molecule has 1 N–H and O–H groups in total. The van der Waals surface area contributed by atoms with Crippen LogP contribution in [0.3, 0.4) is 0 Å². The Morgan fingerprint density at radius 1 is 1.17 bits per heavy atom. The summed E-state index contributed by atoms with van der Waals surface area (Å²) in [4.78, 5) is 12.1. The van der Waals surface area contributed by atoms with Crippen LogP contribution in [0.15, 0.2) is 53.0 Å². The van der Waals surface area contributed by atoms with E-state index in [1.54, 1.807) is 18.2 Å². The van der Waals surface area contributed by atoms with Gasteiger partial charge in [-0.05, 0) is 64.0 Å². The predicted octanol–water partition coefficient (Wildman–Crippen LogP) is 3.86. The van der Waals surface area contributed by atoms with Crippen molar-refractivity contribution < 1.29 is 17.6 Å². The minimum absolute atomic E-state index is 0.239. The Morgan fingerprint density at radius 3 is 2.39 bits per heavy atom. The minimum Gasteiger partial charge on any atom is -0.289 e. The number of anilines is 1. The average molecular weight is 398 g/mol. The number of ketones is 1. The van der Waals surface area contributed by atoms with Gasteiger partial charge < -0.3 is 0 Å². The fourth-order valence-electron chi connectivity index (χ4n) is 1.80. The van der Waals surface area contributed by atoms with Crippen LogP contribution < -0.4 is 4.72 Å². The van der Waals surface area contributed by atoms with E-state index in [4.69, 9.17) is 0 Å². The molecule has 0 heterocycles. The Kier molecular flexibility index (Phi) is 5.33. The van der Waals surface area contributed by atoms with E-state index < -0.39 is 10.0 Å². The van der Waals surface area contributed by atoms with Crippen LogP contribution in [0.1, 0.15) is 15.9 Å². The van der Waals surface area contributed by atoms with Gasteiger partial charge in [0.2, 0.25) is 10.0 Å². The Bertz CT molecular complexity index is 861. The molecule has 0 amide bonds. The molecule has 120 valence electrons. The number of benzene rings is 2. The Hall–Kier alpha value is -1.99. The van der Waals surface area contributed by atoms with E-state index in [9.17, 15) is 17.6 Å². The van der Waals surface area contributed by atoms with Crippen LogP contribution >= 0.6 is 15.9 Å². The molecule has 0 aliphatic heterocycles. The maximum absolute atomic E-state index is 13.1. The number of rotatable bonds is 5. The molecule has 0 spiro atoms. The van der Waals surface area contributed by atoms with Gasteiger partial charge in [0.25, 0.3) is 0 Å². The van der Waals surface area contributed by atoms with Crippen molar-refractivity contribution >= 4 is 43.5 Å². The first-order valence-corrected chi connectivity index (χ1v) is 9.18. The lowest BCUT2D eigenvalue weighted by atomic mass is 10.1. The largest absolute Gasteiger partial charge is 0.289 e. The number of carbonyl (C=O) groups excluding carboxylic acids is 1. The molecule has 0 fully saturated rings. The summed E-state index contributed by atoms with van der Waals surface area (Å²) in [5.74, 6) is -0.612. The Labute approximate surface area is 142 Å². The topological polar surface area (TPSA) is 63.2 Å². The first kappa shape index (κ1) is 17.4. The zero-order valence-corrected chi connectivity index (χ0v) is 14.5. The monoisotopic (exact) mass is 397 g/mol. The van der Waals surface area contributed by atoms with E-state index >= 15 is 0 Å². The Balaban J connectivity index is 2.11. The lowest BCUT2D eigenvalue weighted by Gasteiger charge is -2.04. The van der Waals surface area contributed by atoms with Crippen LogP contribution in [0.5, 0.6) is 0 Å². The molecule has 2 aromatic rings. The summed E-state index contributed by atoms with van der Waals surface area (Å²) in [7, 11) is -3.35. The molecule has 0 atom stereocenters. The zero-order valence-electron chi connectivity index (χ0n) is 12.1. The molecule has 4 nitrogen and oxygen atoms in total. The van der Waals surface area contributed by atoms with Gasteiger partial charge in [0.15, 0.2) is 5.78 Å². The van der Waals surface area contributed by atoms with E-state index in [2.05, 4.69) is 20.7 Å². The number of nitrogens with one attached hydrogen (secondary N) is 1. The molecule has 0 saturated carbocycles. The van der Waals surface area contributed by atoms with Crippen LogP contribution in [-0.4, -0.2) is 20.5 Å². The van der Waals surface area contributed by atoms with E-state index in [1.807, 2.05) is 0 Å². The summed E-state index contributed by atoms with van der Waals surface area (Å²) in [6, 6.07) is 10.5. The van der Waals surface area contributed by atoms with Crippen LogP contribution in [-0.2, 0) is 10.0 Å². The van der Waals surface area contributed by atoms with Gasteiger partial charge in [0, 0.05) is 11.3 Å². The van der Waals surface area contributed by atoms with Gasteiger partial charge in [-0.2, -0.15) is 0 Å². The predicted molar refractivity (Wildman–Crippen MR) is 92.4 cm³/mol. The standard InChI is InChI=1S/C16H13BrFNO3S/c1-23(21,22)19-13-6-4-12(5-7-13)16(20)9-3-11-2-8-15(18)14(17)10-11/h2-10,19H,1H3/b9-3+. The van der Waals surface area contributed by atoms with Crippen LogP contribution in [0.2, 0.25) is 0 Å². The van der Waals surface area contributed by atoms with Gasteiger partial charge in [0.1, 0.15) is 5.82 Å². The number of allylic oxidation sites excluding steroid dienone is 1. The first-order valence-electron chi connectivity index (χ1n) is 6.50. The van der Waals surface area contributed by atoms with Crippen molar-refractivity contribution in [1.82, 2.24) is 0 Å². The van der Waals surface area contributed by atoms with Crippen LogP contribution in [0, 0.1) is 5.82 Å². The number of halogens is 2. The molecule has 0 radical (unpaired) electrons. The summed E-state index contributed by atoms with van der Waals surface area (Å²) in [6.45, 7) is 0. The first-order chi connectivity index (χ1) is 10.7. The lowest BCUT2D eigenvalue weighted by molar-refractivity contribution is 0.104. The third kappa shape index (κ3) is 5.30. The second kappa shape index (κ2) is 7.06. The smallest absolute Gasteiger partial charge is 0.229 e. The minimum atomic E-state index is -3.35. The van der Waals surface area contributed by atoms with E-state index in [0.717, 1.165) is 6.26 Å². The molecule has 0 aromatic heterocycles. The molecular formula is C16H13BrFNO3S. The number of hydrogen-bond acceptors (Lipinski definition) is 3. The second-order valence-electron chi connectivity index (χ2n) is 4.82. The maximum atomic E-state index is 13.1. The molecule has 23 heavy (non-hydrogen) atoms. The van der Waals surface area contributed by atoms with Crippen molar-refractivity contribution in [2.75, 3.05) is 11.0 Å². The second-order valence-corrected chi connectivity index (χ2v) is 7.43. The summed E-state index contributed by atoms with van der Waals surface area (Å²) in [6.07, 6.45) is 4.00. The quantitative estimate of drug-likeness (QED) is 0.615. The molecule has 0 bridgehead atoms. The third-order valence-electron chi connectivity index (χ3n) is 2.84. The molecule has 0 unspecified atom stereocenters. The summed E-state index contributed by atoms with van der Waals surface area (Å²) in [5.41, 5.74) is 1.49. The maximum Gasteiger partial charge on any atom is 0.229 e. The fraction of sp³-hybridized carbons (Fsp3) is 0.0625. The number of hydrogen-bond donors (Lipinski definition) is 1. The molecular weight excluding hydrogens is 385 g/mol. The third-order valence-corrected chi connectivity index (χ3v) is 4.06. The molecule has 7 heteroatoms. The summed E-state index contributed by atoms with van der Waals surface area (Å²) in [5, 5.41) is 0. The van der Waals surface area contributed by atoms with Crippen molar-refractivity contribution in [3.63, 3.8) is 0 Å². The van der Waals surface area contributed by atoms with Crippen LogP contribution in [0.4, 0.5) is 10.1 Å². The van der Waals surface area contributed by atoms with Crippen LogP contribution in [0.25, 0.3) is 6.08 Å². The highest BCUT2D eigenvalue weighted by Crippen LogP contribution is 2.18.